The molecule has 6 N–H and O–H groups in total. The van der Waals surface area contributed by atoms with Crippen molar-refractivity contribution in [3.8, 4) is 28.7 Å². The van der Waals surface area contributed by atoms with Crippen molar-refractivity contribution in [3.63, 3.8) is 0 Å². The molecule has 0 amide bonds. The Morgan fingerprint density at radius 1 is 0.818 bits per heavy atom. The Hall–Kier alpha value is -2.64. The Morgan fingerprint density at radius 3 is 2.23 bits per heavy atom. The maximum absolute atomic E-state index is 10.2. The van der Waals surface area contributed by atoms with E-state index in [2.05, 4.69) is 0 Å². The lowest BCUT2D eigenvalue weighted by Gasteiger charge is -2.34. The summed E-state index contributed by atoms with van der Waals surface area (Å²) in [4.78, 5) is 0. The molecular formula is C15H14O7. The Morgan fingerprint density at radius 2 is 1.55 bits per heavy atom. The van der Waals surface area contributed by atoms with Gasteiger partial charge in [-0.2, -0.15) is 0 Å². The van der Waals surface area contributed by atoms with E-state index in [0.717, 1.165) is 6.07 Å². The highest BCUT2D eigenvalue weighted by Crippen LogP contribution is 2.47. The van der Waals surface area contributed by atoms with Gasteiger partial charge in [-0.05, 0) is 17.7 Å². The van der Waals surface area contributed by atoms with Crippen molar-refractivity contribution >= 4 is 0 Å². The highest BCUT2D eigenvalue weighted by molar-refractivity contribution is 5.53. The summed E-state index contributed by atoms with van der Waals surface area (Å²) < 4.78 is 5.53. The fourth-order valence-electron chi connectivity index (χ4n) is 2.52. The van der Waals surface area contributed by atoms with Crippen LogP contribution < -0.4 is 4.74 Å². The second-order valence-corrected chi connectivity index (χ2v) is 5.10. The summed E-state index contributed by atoms with van der Waals surface area (Å²) in [5.74, 6) is -1.36. The molecule has 2 aromatic carbocycles. The van der Waals surface area contributed by atoms with Crippen molar-refractivity contribution in [2.75, 3.05) is 0 Å². The number of ether oxygens (including phenoxy) is 1. The predicted octanol–water partition coefficient (Wildman–Crippen LogP) is 1.04. The van der Waals surface area contributed by atoms with Gasteiger partial charge in [0, 0.05) is 12.1 Å². The minimum Gasteiger partial charge on any atom is -0.508 e. The van der Waals surface area contributed by atoms with Crippen LogP contribution in [-0.4, -0.2) is 36.7 Å². The van der Waals surface area contributed by atoms with Gasteiger partial charge in [0.15, 0.2) is 17.6 Å². The van der Waals surface area contributed by atoms with Gasteiger partial charge >= 0.3 is 0 Å². The summed E-state index contributed by atoms with van der Waals surface area (Å²) in [5, 5.41) is 58.5. The van der Waals surface area contributed by atoms with E-state index in [1.807, 2.05) is 0 Å². The highest BCUT2D eigenvalue weighted by Gasteiger charge is 2.39. The first kappa shape index (κ1) is 14.3. The average molecular weight is 306 g/mol. The molecule has 1 aliphatic heterocycles. The fraction of sp³-hybridized carbons (Fsp3) is 0.200. The highest BCUT2D eigenvalue weighted by atomic mass is 16.5. The summed E-state index contributed by atoms with van der Waals surface area (Å²) >= 11 is 0. The molecule has 0 aromatic heterocycles. The zero-order chi connectivity index (χ0) is 16.0. The van der Waals surface area contributed by atoms with Gasteiger partial charge in [0.2, 0.25) is 0 Å². The molecule has 0 bridgehead atoms. The van der Waals surface area contributed by atoms with Crippen molar-refractivity contribution in [1.29, 1.82) is 0 Å². The SMILES string of the molecule is Oc1cc(O)c2c(c1)O[C@H](c1ccc(O)c(O)c1)[C@H](O)C2O. The first-order valence-electron chi connectivity index (χ1n) is 6.49. The average Bonchev–Trinajstić information content (AvgIpc) is 2.45. The number of hydrogen-bond acceptors (Lipinski definition) is 7. The van der Waals surface area contributed by atoms with Gasteiger partial charge in [0.25, 0.3) is 0 Å². The summed E-state index contributed by atoms with van der Waals surface area (Å²) in [6, 6.07) is 6.08. The molecule has 22 heavy (non-hydrogen) atoms. The number of aliphatic hydroxyl groups excluding tert-OH is 2. The van der Waals surface area contributed by atoms with Gasteiger partial charge in [-0.15, -0.1) is 0 Å². The molecule has 3 rings (SSSR count). The lowest BCUT2D eigenvalue weighted by atomic mass is 9.91. The molecule has 0 saturated heterocycles. The van der Waals surface area contributed by atoms with Gasteiger partial charge < -0.3 is 35.4 Å². The van der Waals surface area contributed by atoms with Crippen LogP contribution in [0.5, 0.6) is 28.7 Å². The summed E-state index contributed by atoms with van der Waals surface area (Å²) in [5.41, 5.74) is 0.292. The van der Waals surface area contributed by atoms with Crippen LogP contribution in [-0.2, 0) is 0 Å². The minimum atomic E-state index is -1.44. The summed E-state index contributed by atoms with van der Waals surface area (Å²) in [6.45, 7) is 0. The van der Waals surface area contributed by atoms with Crippen LogP contribution in [0, 0.1) is 0 Å². The molecule has 116 valence electrons. The van der Waals surface area contributed by atoms with Gasteiger partial charge in [0.05, 0.1) is 5.56 Å². The molecule has 0 spiro atoms. The number of hydrogen-bond donors (Lipinski definition) is 6. The third kappa shape index (κ3) is 2.16. The molecule has 7 nitrogen and oxygen atoms in total. The molecule has 0 radical (unpaired) electrons. The standard InChI is InChI=1S/C15H14O7/c16-7-4-10(19)12-11(5-7)22-15(14(21)13(12)20)6-1-2-8(17)9(18)3-6/h1-5,13-21H/t13?,14-,15-/m1/s1. The second-order valence-electron chi connectivity index (χ2n) is 5.10. The minimum absolute atomic E-state index is 0.0212. The number of rotatable bonds is 1. The van der Waals surface area contributed by atoms with E-state index in [1.165, 1.54) is 24.3 Å². The van der Waals surface area contributed by atoms with E-state index < -0.39 is 29.8 Å². The van der Waals surface area contributed by atoms with Gasteiger partial charge in [0.1, 0.15) is 29.5 Å². The molecule has 1 unspecified atom stereocenters. The van der Waals surface area contributed by atoms with Gasteiger partial charge in [-0.3, -0.25) is 0 Å². The molecule has 3 atom stereocenters. The first-order valence-corrected chi connectivity index (χ1v) is 6.49. The Kier molecular flexibility index (Phi) is 3.23. The second kappa shape index (κ2) is 4.97. The lowest BCUT2D eigenvalue weighted by Crippen LogP contribution is -2.34. The molecule has 1 aliphatic rings. The Labute approximate surface area is 124 Å². The largest absolute Gasteiger partial charge is 0.508 e. The first-order chi connectivity index (χ1) is 10.4. The molecule has 0 fully saturated rings. The number of phenols is 4. The van der Waals surface area contributed by atoms with E-state index in [4.69, 9.17) is 4.74 Å². The van der Waals surface area contributed by atoms with E-state index in [1.54, 1.807) is 0 Å². The van der Waals surface area contributed by atoms with E-state index >= 15 is 0 Å². The molecule has 1 heterocycles. The number of benzene rings is 2. The third-order valence-corrected chi connectivity index (χ3v) is 3.62. The summed E-state index contributed by atoms with van der Waals surface area (Å²) in [7, 11) is 0. The smallest absolute Gasteiger partial charge is 0.157 e. The van der Waals surface area contributed by atoms with Crippen LogP contribution in [0.1, 0.15) is 23.3 Å². The van der Waals surface area contributed by atoms with E-state index in [-0.39, 0.29) is 22.8 Å². The van der Waals surface area contributed by atoms with Crippen LogP contribution in [0.25, 0.3) is 0 Å². The maximum Gasteiger partial charge on any atom is 0.157 e. The number of aromatic hydroxyl groups is 4. The summed E-state index contributed by atoms with van der Waals surface area (Å²) in [6.07, 6.45) is -3.90. The van der Waals surface area contributed by atoms with Crippen molar-refractivity contribution in [2.24, 2.45) is 0 Å². The van der Waals surface area contributed by atoms with Gasteiger partial charge in [-0.25, -0.2) is 0 Å². The molecule has 0 saturated carbocycles. The Balaban J connectivity index is 2.06. The number of aliphatic hydroxyl groups is 2. The number of fused-ring (bicyclic) bond motifs is 1. The topological polar surface area (TPSA) is 131 Å². The third-order valence-electron chi connectivity index (χ3n) is 3.62. The van der Waals surface area contributed by atoms with Crippen LogP contribution in [0.3, 0.4) is 0 Å². The Bertz CT molecular complexity index is 728. The quantitative estimate of drug-likeness (QED) is 0.434. The zero-order valence-electron chi connectivity index (χ0n) is 11.2. The molecule has 0 aliphatic carbocycles. The monoisotopic (exact) mass is 306 g/mol. The van der Waals surface area contributed by atoms with Crippen LogP contribution in [0.15, 0.2) is 30.3 Å². The fourth-order valence-corrected chi connectivity index (χ4v) is 2.52. The van der Waals surface area contributed by atoms with Crippen molar-refractivity contribution in [2.45, 2.75) is 18.3 Å². The maximum atomic E-state index is 10.2. The van der Waals surface area contributed by atoms with Crippen molar-refractivity contribution < 1.29 is 35.4 Å². The predicted molar refractivity (Wildman–Crippen MR) is 73.9 cm³/mol. The molecular weight excluding hydrogens is 292 g/mol. The van der Waals surface area contributed by atoms with Gasteiger partial charge in [-0.1, -0.05) is 6.07 Å². The van der Waals surface area contributed by atoms with Crippen molar-refractivity contribution in [1.82, 2.24) is 0 Å². The molecule has 2 aromatic rings. The van der Waals surface area contributed by atoms with Crippen LogP contribution in [0.2, 0.25) is 0 Å². The van der Waals surface area contributed by atoms with Crippen LogP contribution in [0.4, 0.5) is 0 Å². The lowest BCUT2D eigenvalue weighted by molar-refractivity contribution is -0.0711. The number of phenolic OH excluding ortho intramolecular Hbond substituents is 4. The molecule has 7 heteroatoms. The van der Waals surface area contributed by atoms with E-state index in [9.17, 15) is 30.6 Å². The zero-order valence-corrected chi connectivity index (χ0v) is 11.2. The van der Waals surface area contributed by atoms with E-state index in [0.29, 0.717) is 5.56 Å². The normalized spacial score (nSPS) is 23.6. The van der Waals surface area contributed by atoms with Crippen LogP contribution >= 0.6 is 0 Å². The van der Waals surface area contributed by atoms with Crippen molar-refractivity contribution in [3.05, 3.63) is 41.5 Å².